The van der Waals surface area contributed by atoms with E-state index in [4.69, 9.17) is 0 Å². The summed E-state index contributed by atoms with van der Waals surface area (Å²) in [5.41, 5.74) is 4.26. The van der Waals surface area contributed by atoms with Crippen LogP contribution in [0.5, 0.6) is 0 Å². The van der Waals surface area contributed by atoms with Gasteiger partial charge in [0.1, 0.15) is 17.2 Å². The zero-order chi connectivity index (χ0) is 17.4. The Morgan fingerprint density at radius 1 is 0.960 bits per heavy atom. The first-order valence-electron chi connectivity index (χ1n) is 8.08. The number of rotatable bonds is 4. The molecule has 126 valence electrons. The molecule has 0 bridgehead atoms. The molecule has 0 aliphatic rings. The minimum atomic E-state index is 0.714. The van der Waals surface area contributed by atoms with E-state index in [0.717, 1.165) is 46.5 Å². The SMILES string of the molecule is Cc1ncc(C)n2nc(CCc3nc(-c4cnccn4)cn3C)nc12. The van der Waals surface area contributed by atoms with Crippen LogP contribution in [0.4, 0.5) is 0 Å². The molecule has 0 saturated carbocycles. The highest BCUT2D eigenvalue weighted by Crippen LogP contribution is 2.16. The lowest BCUT2D eigenvalue weighted by atomic mass is 10.3. The maximum Gasteiger partial charge on any atom is 0.177 e. The second-order valence-electron chi connectivity index (χ2n) is 5.99. The Kier molecular flexibility index (Phi) is 3.72. The molecule has 0 unspecified atom stereocenters. The van der Waals surface area contributed by atoms with E-state index in [0.29, 0.717) is 6.42 Å². The monoisotopic (exact) mass is 334 g/mol. The molecule has 0 N–H and O–H groups in total. The fourth-order valence-corrected chi connectivity index (χ4v) is 2.76. The number of imidazole rings is 1. The molecule has 25 heavy (non-hydrogen) atoms. The van der Waals surface area contributed by atoms with Crippen LogP contribution in [0.25, 0.3) is 17.0 Å². The Hall–Kier alpha value is -3.16. The van der Waals surface area contributed by atoms with Crippen LogP contribution in [0.2, 0.25) is 0 Å². The number of aryl methyl sites for hydroxylation is 5. The van der Waals surface area contributed by atoms with Crippen LogP contribution in [-0.4, -0.2) is 39.1 Å². The van der Waals surface area contributed by atoms with Crippen molar-refractivity contribution in [2.45, 2.75) is 26.7 Å². The maximum absolute atomic E-state index is 4.67. The molecule has 4 heterocycles. The van der Waals surface area contributed by atoms with Crippen LogP contribution in [0.1, 0.15) is 23.0 Å². The van der Waals surface area contributed by atoms with Gasteiger partial charge in [-0.1, -0.05) is 0 Å². The van der Waals surface area contributed by atoms with Gasteiger partial charge < -0.3 is 4.57 Å². The van der Waals surface area contributed by atoms with Crippen molar-refractivity contribution in [3.8, 4) is 11.4 Å². The average molecular weight is 334 g/mol. The summed E-state index contributed by atoms with van der Waals surface area (Å²) in [5, 5.41) is 4.59. The summed E-state index contributed by atoms with van der Waals surface area (Å²) in [5.74, 6) is 1.76. The molecule has 0 aliphatic carbocycles. The van der Waals surface area contributed by atoms with Gasteiger partial charge in [-0.2, -0.15) is 5.10 Å². The van der Waals surface area contributed by atoms with E-state index in [1.807, 2.05) is 42.4 Å². The zero-order valence-corrected chi connectivity index (χ0v) is 14.4. The highest BCUT2D eigenvalue weighted by atomic mass is 15.3. The van der Waals surface area contributed by atoms with Crippen molar-refractivity contribution in [3.05, 3.63) is 54.0 Å². The molecule has 0 aliphatic heterocycles. The third kappa shape index (κ3) is 2.86. The highest BCUT2D eigenvalue weighted by molar-refractivity contribution is 5.51. The molecule has 4 aromatic heterocycles. The maximum atomic E-state index is 4.67. The van der Waals surface area contributed by atoms with Gasteiger partial charge in [0, 0.05) is 44.7 Å². The summed E-state index contributed by atoms with van der Waals surface area (Å²) < 4.78 is 3.86. The molecular formula is C17H18N8. The van der Waals surface area contributed by atoms with Gasteiger partial charge in [-0.3, -0.25) is 15.0 Å². The van der Waals surface area contributed by atoms with Crippen LogP contribution >= 0.6 is 0 Å². The van der Waals surface area contributed by atoms with E-state index in [9.17, 15) is 0 Å². The van der Waals surface area contributed by atoms with E-state index in [2.05, 4.69) is 30.0 Å². The molecule has 0 atom stereocenters. The number of fused-ring (bicyclic) bond motifs is 1. The van der Waals surface area contributed by atoms with E-state index in [-0.39, 0.29) is 0 Å². The molecule has 4 rings (SSSR count). The number of hydrogen-bond acceptors (Lipinski definition) is 6. The predicted octanol–water partition coefficient (Wildman–Crippen LogP) is 1.72. The lowest BCUT2D eigenvalue weighted by Crippen LogP contribution is -2.01. The highest BCUT2D eigenvalue weighted by Gasteiger charge is 2.12. The van der Waals surface area contributed by atoms with E-state index >= 15 is 0 Å². The molecular weight excluding hydrogens is 316 g/mol. The van der Waals surface area contributed by atoms with E-state index in [1.54, 1.807) is 18.6 Å². The molecule has 0 amide bonds. The van der Waals surface area contributed by atoms with Gasteiger partial charge in [0.2, 0.25) is 0 Å². The summed E-state index contributed by atoms with van der Waals surface area (Å²) in [7, 11) is 1.98. The first-order valence-corrected chi connectivity index (χ1v) is 8.08. The summed E-state index contributed by atoms with van der Waals surface area (Å²) in [4.78, 5) is 22.0. The Balaban J connectivity index is 1.57. The van der Waals surface area contributed by atoms with Crippen molar-refractivity contribution in [1.82, 2.24) is 39.1 Å². The van der Waals surface area contributed by atoms with Crippen LogP contribution < -0.4 is 0 Å². The van der Waals surface area contributed by atoms with Crippen molar-refractivity contribution in [2.24, 2.45) is 7.05 Å². The molecule has 4 aromatic rings. The fraction of sp³-hybridized carbons (Fsp3) is 0.294. The topological polar surface area (TPSA) is 86.7 Å². The zero-order valence-electron chi connectivity index (χ0n) is 14.4. The van der Waals surface area contributed by atoms with Gasteiger partial charge >= 0.3 is 0 Å². The summed E-state index contributed by atoms with van der Waals surface area (Å²) in [6.07, 6.45) is 10.3. The number of aromatic nitrogens is 8. The number of nitrogens with zero attached hydrogens (tertiary/aromatic N) is 8. The van der Waals surface area contributed by atoms with Crippen molar-refractivity contribution >= 4 is 5.65 Å². The molecule has 0 radical (unpaired) electrons. The lowest BCUT2D eigenvalue weighted by molar-refractivity contribution is 0.742. The summed E-state index contributed by atoms with van der Waals surface area (Å²) >= 11 is 0. The molecule has 8 heteroatoms. The van der Waals surface area contributed by atoms with Crippen molar-refractivity contribution in [2.75, 3.05) is 0 Å². The molecule has 0 fully saturated rings. The van der Waals surface area contributed by atoms with Gasteiger partial charge in [-0.15, -0.1) is 0 Å². The Bertz CT molecular complexity index is 993. The fourth-order valence-electron chi connectivity index (χ4n) is 2.76. The minimum Gasteiger partial charge on any atom is -0.337 e. The Labute approximate surface area is 144 Å². The van der Waals surface area contributed by atoms with Crippen LogP contribution in [0.15, 0.2) is 31.0 Å². The minimum absolute atomic E-state index is 0.714. The third-order valence-electron chi connectivity index (χ3n) is 4.12. The van der Waals surface area contributed by atoms with E-state index in [1.165, 1.54) is 0 Å². The lowest BCUT2D eigenvalue weighted by Gasteiger charge is -1.98. The third-order valence-corrected chi connectivity index (χ3v) is 4.12. The van der Waals surface area contributed by atoms with Gasteiger partial charge in [0.25, 0.3) is 0 Å². The van der Waals surface area contributed by atoms with Crippen molar-refractivity contribution in [3.63, 3.8) is 0 Å². The van der Waals surface area contributed by atoms with Crippen molar-refractivity contribution < 1.29 is 0 Å². The predicted molar refractivity (Wildman–Crippen MR) is 91.9 cm³/mol. The Morgan fingerprint density at radius 3 is 2.60 bits per heavy atom. The normalized spacial score (nSPS) is 11.3. The summed E-state index contributed by atoms with van der Waals surface area (Å²) in [6.45, 7) is 3.92. The largest absolute Gasteiger partial charge is 0.337 e. The first-order chi connectivity index (χ1) is 12.1. The van der Waals surface area contributed by atoms with Gasteiger partial charge in [-0.05, 0) is 13.8 Å². The van der Waals surface area contributed by atoms with Crippen molar-refractivity contribution in [1.29, 1.82) is 0 Å². The van der Waals surface area contributed by atoms with Gasteiger partial charge in [0.05, 0.1) is 17.6 Å². The quantitative estimate of drug-likeness (QED) is 0.565. The second kappa shape index (κ2) is 6.04. The second-order valence-corrected chi connectivity index (χ2v) is 5.99. The van der Waals surface area contributed by atoms with Gasteiger partial charge in [0.15, 0.2) is 11.5 Å². The first kappa shape index (κ1) is 15.4. The standard InChI is InChI=1S/C17H18N8/c1-11-8-20-12(2)17-22-15(23-25(11)17)4-5-16-21-14(10-24(16)3)13-9-18-6-7-19-13/h6-10H,4-5H2,1-3H3. The molecule has 0 saturated heterocycles. The smallest absolute Gasteiger partial charge is 0.177 e. The molecule has 0 spiro atoms. The molecule has 0 aromatic carbocycles. The van der Waals surface area contributed by atoms with Crippen LogP contribution in [0.3, 0.4) is 0 Å². The van der Waals surface area contributed by atoms with Crippen LogP contribution in [-0.2, 0) is 19.9 Å². The summed E-state index contributed by atoms with van der Waals surface area (Å²) in [6, 6.07) is 0. The van der Waals surface area contributed by atoms with Gasteiger partial charge in [-0.25, -0.2) is 14.5 Å². The Morgan fingerprint density at radius 2 is 1.84 bits per heavy atom. The average Bonchev–Trinajstić information content (AvgIpc) is 3.22. The molecule has 8 nitrogen and oxygen atoms in total. The number of hydrogen-bond donors (Lipinski definition) is 0. The van der Waals surface area contributed by atoms with E-state index < -0.39 is 0 Å². The van der Waals surface area contributed by atoms with Crippen LogP contribution in [0, 0.1) is 13.8 Å².